The average Bonchev–Trinajstić information content (AvgIpc) is 2.85. The lowest BCUT2D eigenvalue weighted by Gasteiger charge is -2.39. The highest BCUT2D eigenvalue weighted by atomic mass is 127. The van der Waals surface area contributed by atoms with Crippen molar-refractivity contribution in [2.24, 2.45) is 10.9 Å². The molecule has 33 heavy (non-hydrogen) atoms. The van der Waals surface area contributed by atoms with Crippen molar-refractivity contribution in [3.05, 3.63) is 23.9 Å². The molecule has 1 unspecified atom stereocenters. The Labute approximate surface area is 217 Å². The van der Waals surface area contributed by atoms with Gasteiger partial charge >= 0.3 is 0 Å². The first-order chi connectivity index (χ1) is 15.7. The van der Waals surface area contributed by atoms with E-state index in [1.54, 1.807) is 0 Å². The molecular weight excluding hydrogens is 529 g/mol. The first-order valence-corrected chi connectivity index (χ1v) is 12.3. The molecule has 2 aliphatic heterocycles. The Morgan fingerprint density at radius 2 is 1.79 bits per heavy atom. The van der Waals surface area contributed by atoms with Crippen molar-refractivity contribution in [1.29, 1.82) is 0 Å². The third kappa shape index (κ3) is 8.22. The zero-order valence-corrected chi connectivity index (χ0v) is 23.3. The topological polar surface area (TPSA) is 68.3 Å². The number of nitrogens with zero attached hydrogens (tertiary/aromatic N) is 5. The third-order valence-electron chi connectivity index (χ3n) is 6.93. The Morgan fingerprint density at radius 3 is 2.42 bits per heavy atom. The van der Waals surface area contributed by atoms with E-state index in [1.165, 1.54) is 18.4 Å². The Balaban J connectivity index is 0.00000385. The van der Waals surface area contributed by atoms with Crippen LogP contribution in [-0.2, 0) is 11.3 Å². The van der Waals surface area contributed by atoms with Gasteiger partial charge in [-0.15, -0.1) is 24.0 Å². The number of piperazine rings is 1. The van der Waals surface area contributed by atoms with Crippen LogP contribution in [0.25, 0.3) is 0 Å². The molecule has 0 aliphatic carbocycles. The molecule has 2 fully saturated rings. The highest BCUT2D eigenvalue weighted by Gasteiger charge is 2.27. The average molecular weight is 574 g/mol. The summed E-state index contributed by atoms with van der Waals surface area (Å²) in [7, 11) is 4.03. The fourth-order valence-electron chi connectivity index (χ4n) is 4.81. The van der Waals surface area contributed by atoms with Gasteiger partial charge in [-0.2, -0.15) is 0 Å². The molecule has 0 spiro atoms. The number of aromatic nitrogens is 1. The molecule has 9 heteroatoms. The predicted octanol–water partition coefficient (Wildman–Crippen LogP) is 2.25. The van der Waals surface area contributed by atoms with Crippen LogP contribution in [0.2, 0.25) is 0 Å². The summed E-state index contributed by atoms with van der Waals surface area (Å²) < 4.78 is 5.59. The van der Waals surface area contributed by atoms with Crippen LogP contribution in [0.4, 0.5) is 5.82 Å². The van der Waals surface area contributed by atoms with Gasteiger partial charge in [-0.3, -0.25) is 9.89 Å². The SMILES string of the molecule is CCC(CC)C(CNC(=NC)NCc1cccnc1N1CCN(C)CC1)N1CCOCC1.I. The number of likely N-dealkylation sites (N-methyl/N-ethyl adjacent to an activating group) is 1. The first kappa shape index (κ1) is 28.1. The van der Waals surface area contributed by atoms with Gasteiger partial charge in [-0.05, 0) is 19.0 Å². The van der Waals surface area contributed by atoms with Gasteiger partial charge in [0.1, 0.15) is 5.82 Å². The van der Waals surface area contributed by atoms with E-state index in [9.17, 15) is 0 Å². The lowest BCUT2D eigenvalue weighted by atomic mass is 9.92. The van der Waals surface area contributed by atoms with Gasteiger partial charge < -0.3 is 25.2 Å². The fraction of sp³-hybridized carbons (Fsp3) is 0.750. The van der Waals surface area contributed by atoms with E-state index in [1.807, 2.05) is 19.3 Å². The van der Waals surface area contributed by atoms with Crippen LogP contribution in [0.1, 0.15) is 32.3 Å². The van der Waals surface area contributed by atoms with Crippen molar-refractivity contribution in [2.45, 2.75) is 39.3 Å². The summed E-state index contributed by atoms with van der Waals surface area (Å²) in [6.07, 6.45) is 4.28. The van der Waals surface area contributed by atoms with Gasteiger partial charge in [-0.25, -0.2) is 4.98 Å². The summed E-state index contributed by atoms with van der Waals surface area (Å²) in [5.74, 6) is 2.61. The van der Waals surface area contributed by atoms with Crippen LogP contribution >= 0.6 is 24.0 Å². The fourth-order valence-corrected chi connectivity index (χ4v) is 4.81. The van der Waals surface area contributed by atoms with E-state index < -0.39 is 0 Å². The second kappa shape index (κ2) is 15.0. The first-order valence-electron chi connectivity index (χ1n) is 12.3. The number of morpholine rings is 1. The molecule has 0 aromatic carbocycles. The van der Waals surface area contributed by atoms with Crippen LogP contribution in [0, 0.1) is 5.92 Å². The number of hydrogen-bond acceptors (Lipinski definition) is 6. The number of hydrogen-bond donors (Lipinski definition) is 2. The quantitative estimate of drug-likeness (QED) is 0.267. The largest absolute Gasteiger partial charge is 0.379 e. The zero-order valence-electron chi connectivity index (χ0n) is 20.9. The number of ether oxygens (including phenoxy) is 1. The van der Waals surface area contributed by atoms with Gasteiger partial charge in [0, 0.05) is 77.2 Å². The summed E-state index contributed by atoms with van der Waals surface area (Å²) in [5, 5.41) is 7.13. The minimum atomic E-state index is 0. The molecule has 0 saturated carbocycles. The molecule has 188 valence electrons. The number of pyridine rings is 1. The van der Waals surface area contributed by atoms with E-state index in [2.05, 4.69) is 57.3 Å². The van der Waals surface area contributed by atoms with Gasteiger partial charge in [-0.1, -0.05) is 32.8 Å². The van der Waals surface area contributed by atoms with E-state index in [0.29, 0.717) is 18.5 Å². The second-order valence-electron chi connectivity index (χ2n) is 8.88. The smallest absolute Gasteiger partial charge is 0.191 e. The molecule has 3 rings (SSSR count). The zero-order chi connectivity index (χ0) is 22.8. The lowest BCUT2D eigenvalue weighted by molar-refractivity contribution is 0.00272. The monoisotopic (exact) mass is 573 g/mol. The number of anilines is 1. The summed E-state index contributed by atoms with van der Waals surface area (Å²) in [6, 6.07) is 4.68. The number of halogens is 1. The van der Waals surface area contributed by atoms with Gasteiger partial charge in [0.05, 0.1) is 13.2 Å². The third-order valence-corrected chi connectivity index (χ3v) is 6.93. The van der Waals surface area contributed by atoms with Crippen molar-refractivity contribution in [3.63, 3.8) is 0 Å². The van der Waals surface area contributed by atoms with Gasteiger partial charge in [0.2, 0.25) is 0 Å². The highest BCUT2D eigenvalue weighted by Crippen LogP contribution is 2.20. The van der Waals surface area contributed by atoms with Gasteiger partial charge in [0.25, 0.3) is 0 Å². The Hall–Kier alpha value is -1.17. The number of guanidine groups is 1. The van der Waals surface area contributed by atoms with Crippen molar-refractivity contribution in [1.82, 2.24) is 25.4 Å². The number of aliphatic imine (C=N–C) groups is 1. The van der Waals surface area contributed by atoms with Crippen molar-refractivity contribution < 1.29 is 4.74 Å². The summed E-state index contributed by atoms with van der Waals surface area (Å²) in [6.45, 7) is 14.1. The lowest BCUT2D eigenvalue weighted by Crippen LogP contribution is -2.53. The van der Waals surface area contributed by atoms with Crippen molar-refractivity contribution in [3.8, 4) is 0 Å². The number of rotatable bonds is 9. The van der Waals surface area contributed by atoms with Crippen LogP contribution < -0.4 is 15.5 Å². The Kier molecular flexibility index (Phi) is 12.7. The predicted molar refractivity (Wildman–Crippen MR) is 148 cm³/mol. The van der Waals surface area contributed by atoms with E-state index in [-0.39, 0.29) is 24.0 Å². The molecule has 1 aromatic rings. The van der Waals surface area contributed by atoms with Crippen LogP contribution in [0.3, 0.4) is 0 Å². The molecular formula is C24H44IN7O. The van der Waals surface area contributed by atoms with Crippen LogP contribution in [-0.4, -0.2) is 99.9 Å². The standard InChI is InChI=1S/C24H43N7O.HI/c1-5-20(6-2)22(30-14-16-32-17-15-30)19-28-24(25-3)27-18-21-8-7-9-26-23(21)31-12-10-29(4)11-13-31;/h7-9,20,22H,5-6,10-19H2,1-4H3,(H2,25,27,28);1H. The normalized spacial score (nSPS) is 19.3. The molecule has 0 amide bonds. The van der Waals surface area contributed by atoms with Crippen molar-refractivity contribution in [2.75, 3.05) is 78.0 Å². The molecule has 3 heterocycles. The van der Waals surface area contributed by atoms with Crippen molar-refractivity contribution >= 4 is 35.8 Å². The highest BCUT2D eigenvalue weighted by molar-refractivity contribution is 14.0. The minimum Gasteiger partial charge on any atom is -0.379 e. The van der Waals surface area contributed by atoms with Crippen LogP contribution in [0.15, 0.2) is 23.3 Å². The Morgan fingerprint density at radius 1 is 1.09 bits per heavy atom. The Bertz CT molecular complexity index is 702. The summed E-state index contributed by atoms with van der Waals surface area (Å²) in [5.41, 5.74) is 1.21. The number of nitrogens with one attached hydrogen (secondary N) is 2. The molecule has 2 aliphatic rings. The minimum absolute atomic E-state index is 0. The molecule has 0 bridgehead atoms. The molecule has 0 radical (unpaired) electrons. The maximum Gasteiger partial charge on any atom is 0.191 e. The maximum absolute atomic E-state index is 5.59. The van der Waals surface area contributed by atoms with E-state index >= 15 is 0 Å². The second-order valence-corrected chi connectivity index (χ2v) is 8.88. The molecule has 2 saturated heterocycles. The molecule has 8 nitrogen and oxygen atoms in total. The maximum atomic E-state index is 5.59. The summed E-state index contributed by atoms with van der Waals surface area (Å²) in [4.78, 5) is 16.6. The molecule has 1 aromatic heterocycles. The van der Waals surface area contributed by atoms with E-state index in [4.69, 9.17) is 9.72 Å². The van der Waals surface area contributed by atoms with Gasteiger partial charge in [0.15, 0.2) is 5.96 Å². The summed E-state index contributed by atoms with van der Waals surface area (Å²) >= 11 is 0. The van der Waals surface area contributed by atoms with Crippen LogP contribution in [0.5, 0.6) is 0 Å². The van der Waals surface area contributed by atoms with E-state index in [0.717, 1.165) is 70.8 Å². The molecule has 1 atom stereocenters. The molecule has 2 N–H and O–H groups in total.